The molecule has 0 N–H and O–H groups in total. The summed E-state index contributed by atoms with van der Waals surface area (Å²) >= 11 is 0. The minimum atomic E-state index is -1.63. The average Bonchev–Trinajstić information content (AvgIpc) is 3.06. The molecule has 1 atom stereocenters. The molecule has 0 spiro atoms. The summed E-state index contributed by atoms with van der Waals surface area (Å²) < 4.78 is 0. The Bertz CT molecular complexity index is 915. The maximum absolute atomic E-state index is 2.62. The highest BCUT2D eigenvalue weighted by molar-refractivity contribution is 7.96. The largest absolute Gasteiger partial charge is 0.112 e. The molecule has 0 aliphatic carbocycles. The van der Waals surface area contributed by atoms with Crippen LogP contribution in [-0.2, 0) is 0 Å². The zero-order chi connectivity index (χ0) is 20.0. The van der Waals surface area contributed by atoms with E-state index < -0.39 is 15.3 Å². The molecule has 3 aromatic carbocycles. The number of benzene rings is 3. The Balaban J connectivity index is 2.01. The van der Waals surface area contributed by atoms with E-state index in [1.165, 1.54) is 16.8 Å². The molecule has 0 saturated carbocycles. The molecule has 3 aromatic rings. The van der Waals surface area contributed by atoms with Crippen molar-refractivity contribution in [3.63, 3.8) is 0 Å². The Hall–Kier alpha value is -1.69. The third-order valence-electron chi connectivity index (χ3n) is 7.38. The fourth-order valence-corrected chi connectivity index (χ4v) is 14.2. The van der Waals surface area contributed by atoms with Gasteiger partial charge in [-0.15, -0.1) is 0 Å². The minimum Gasteiger partial charge on any atom is -0.0684 e. The van der Waals surface area contributed by atoms with Crippen LogP contribution in [0.15, 0.2) is 84.9 Å². The van der Waals surface area contributed by atoms with Gasteiger partial charge in [0.1, 0.15) is 23.2 Å². The van der Waals surface area contributed by atoms with E-state index in [1.54, 1.807) is 10.9 Å². The van der Waals surface area contributed by atoms with Crippen LogP contribution >= 0.6 is 7.26 Å². The molecule has 144 valence electrons. The molecular formula is C26H32PSi+. The van der Waals surface area contributed by atoms with Gasteiger partial charge in [0.05, 0.1) is 14.2 Å². The summed E-state index contributed by atoms with van der Waals surface area (Å²) in [5, 5.41) is 5.07. The summed E-state index contributed by atoms with van der Waals surface area (Å²) in [5.41, 5.74) is 2.33. The number of rotatable bonds is 3. The first kappa shape index (κ1) is 19.6. The lowest BCUT2D eigenvalue weighted by molar-refractivity contribution is 0.698. The molecule has 1 aliphatic heterocycles. The normalized spacial score (nSPS) is 18.7. The van der Waals surface area contributed by atoms with Crippen LogP contribution in [0.4, 0.5) is 0 Å². The first-order valence-electron chi connectivity index (χ1n) is 10.4. The summed E-state index contributed by atoms with van der Waals surface area (Å²) in [6.07, 6.45) is 1.29. The summed E-state index contributed by atoms with van der Waals surface area (Å²) in [5.74, 6) is 0. The summed E-state index contributed by atoms with van der Waals surface area (Å²) in [6, 6.07) is 32.1. The molecular weight excluding hydrogens is 371 g/mol. The Morgan fingerprint density at radius 3 is 1.68 bits per heavy atom. The van der Waals surface area contributed by atoms with Crippen molar-refractivity contribution in [2.24, 2.45) is 0 Å². The van der Waals surface area contributed by atoms with Crippen molar-refractivity contribution in [2.45, 2.75) is 44.4 Å². The van der Waals surface area contributed by atoms with Gasteiger partial charge in [-0.05, 0) is 40.9 Å². The van der Waals surface area contributed by atoms with Crippen molar-refractivity contribution in [1.82, 2.24) is 0 Å². The van der Waals surface area contributed by atoms with Crippen molar-refractivity contribution < 1.29 is 0 Å². The Labute approximate surface area is 172 Å². The van der Waals surface area contributed by atoms with E-state index in [9.17, 15) is 0 Å². The first-order valence-corrected chi connectivity index (χ1v) is 15.4. The Morgan fingerprint density at radius 1 is 0.714 bits per heavy atom. The lowest BCUT2D eigenvalue weighted by atomic mass is 10.2. The average molecular weight is 404 g/mol. The van der Waals surface area contributed by atoms with E-state index in [0.717, 1.165) is 0 Å². The fourth-order valence-electron chi connectivity index (χ4n) is 4.74. The summed E-state index contributed by atoms with van der Waals surface area (Å²) in [6.45, 7) is 12.6. The highest BCUT2D eigenvalue weighted by Crippen LogP contribution is 2.66. The molecule has 4 rings (SSSR count). The predicted molar refractivity (Wildman–Crippen MR) is 130 cm³/mol. The maximum Gasteiger partial charge on any atom is 0.112 e. The molecule has 0 amide bonds. The number of fused-ring (bicyclic) bond motifs is 1. The van der Waals surface area contributed by atoms with Crippen LogP contribution in [0, 0.1) is 0 Å². The van der Waals surface area contributed by atoms with E-state index in [2.05, 4.69) is 119 Å². The van der Waals surface area contributed by atoms with E-state index in [1.807, 2.05) is 0 Å². The van der Waals surface area contributed by atoms with Gasteiger partial charge >= 0.3 is 0 Å². The first-order chi connectivity index (χ1) is 13.3. The highest BCUT2D eigenvalue weighted by atomic mass is 31.2. The second-order valence-corrected chi connectivity index (χ2v) is 18.9. The molecule has 0 nitrogen and oxygen atoms in total. The van der Waals surface area contributed by atoms with Gasteiger partial charge in [0.15, 0.2) is 0 Å². The van der Waals surface area contributed by atoms with Gasteiger partial charge in [0.2, 0.25) is 0 Å². The Morgan fingerprint density at radius 2 is 1.18 bits per heavy atom. The third-order valence-corrected chi connectivity index (χ3v) is 18.3. The predicted octanol–water partition coefficient (Wildman–Crippen LogP) is 6.13. The maximum atomic E-state index is 2.62. The number of hydrogen-bond donors (Lipinski definition) is 0. The fraction of sp³-hybridized carbons (Fsp3) is 0.308. The third kappa shape index (κ3) is 2.91. The van der Waals surface area contributed by atoms with Crippen LogP contribution in [0.5, 0.6) is 0 Å². The SMILES string of the molecule is CC(C)(C)[Si](C)(C)C1C[P+](c2ccccc2)(c2ccccc2)c2ccccc21. The van der Waals surface area contributed by atoms with Crippen molar-refractivity contribution in [3.8, 4) is 0 Å². The molecule has 1 aliphatic rings. The summed E-state index contributed by atoms with van der Waals surface area (Å²) in [4.78, 5) is 0. The Kier molecular flexibility index (Phi) is 4.88. The molecule has 28 heavy (non-hydrogen) atoms. The molecule has 1 unspecified atom stereocenters. The van der Waals surface area contributed by atoms with Crippen LogP contribution in [0.25, 0.3) is 0 Å². The number of hydrogen-bond acceptors (Lipinski definition) is 0. The zero-order valence-corrected chi connectivity index (χ0v) is 19.7. The van der Waals surface area contributed by atoms with Crippen molar-refractivity contribution >= 4 is 31.2 Å². The quantitative estimate of drug-likeness (QED) is 0.365. The smallest absolute Gasteiger partial charge is 0.0684 e. The molecule has 0 fully saturated rings. The van der Waals surface area contributed by atoms with Gasteiger partial charge in [-0.3, -0.25) is 0 Å². The molecule has 2 heteroatoms. The lowest BCUT2D eigenvalue weighted by Crippen LogP contribution is -2.45. The van der Waals surface area contributed by atoms with Crippen LogP contribution in [0.1, 0.15) is 31.9 Å². The van der Waals surface area contributed by atoms with Crippen LogP contribution in [-0.4, -0.2) is 14.2 Å². The van der Waals surface area contributed by atoms with E-state index >= 15 is 0 Å². The van der Waals surface area contributed by atoms with Crippen molar-refractivity contribution in [1.29, 1.82) is 0 Å². The van der Waals surface area contributed by atoms with E-state index in [0.29, 0.717) is 10.6 Å². The molecule has 0 aromatic heterocycles. The monoisotopic (exact) mass is 403 g/mol. The molecule has 0 bridgehead atoms. The summed E-state index contributed by atoms with van der Waals surface area (Å²) in [7, 11) is -3.18. The van der Waals surface area contributed by atoms with E-state index in [-0.39, 0.29) is 0 Å². The second kappa shape index (κ2) is 6.97. The van der Waals surface area contributed by atoms with Gasteiger partial charge in [-0.25, -0.2) is 0 Å². The molecule has 0 radical (unpaired) electrons. The van der Waals surface area contributed by atoms with Gasteiger partial charge in [0, 0.05) is 5.54 Å². The van der Waals surface area contributed by atoms with Gasteiger partial charge in [-0.2, -0.15) is 0 Å². The van der Waals surface area contributed by atoms with Gasteiger partial charge < -0.3 is 0 Å². The minimum absolute atomic E-state index is 0.373. The van der Waals surface area contributed by atoms with Gasteiger partial charge in [0.25, 0.3) is 0 Å². The molecule has 1 heterocycles. The van der Waals surface area contributed by atoms with Crippen LogP contribution < -0.4 is 15.9 Å². The topological polar surface area (TPSA) is 0 Å². The second-order valence-electron chi connectivity index (χ2n) is 9.75. The molecule has 0 saturated heterocycles. The van der Waals surface area contributed by atoms with Gasteiger partial charge in [-0.1, -0.05) is 88.5 Å². The highest BCUT2D eigenvalue weighted by Gasteiger charge is 2.59. The standard InChI is InChI=1S/C26H32PSi/c1-26(2,3)28(4,5)25-20-27(21-14-8-6-9-15-21,22-16-10-7-11-17-22)24-19-13-12-18-23(24)25/h6-19,25H,20H2,1-5H3/q+1. The van der Waals surface area contributed by atoms with Crippen molar-refractivity contribution in [2.75, 3.05) is 6.16 Å². The van der Waals surface area contributed by atoms with Crippen molar-refractivity contribution in [3.05, 3.63) is 90.5 Å². The van der Waals surface area contributed by atoms with E-state index in [4.69, 9.17) is 0 Å². The lowest BCUT2D eigenvalue weighted by Gasteiger charge is -2.41. The van der Waals surface area contributed by atoms with Crippen LogP contribution in [0.2, 0.25) is 18.1 Å². The zero-order valence-electron chi connectivity index (χ0n) is 17.8. The van der Waals surface area contributed by atoms with Crippen LogP contribution in [0.3, 0.4) is 0 Å².